The van der Waals surface area contributed by atoms with Crippen LogP contribution >= 0.6 is 12.2 Å². The number of carbonyl (C=O) groups is 2. The molecule has 7 heteroatoms. The summed E-state index contributed by atoms with van der Waals surface area (Å²) in [7, 11) is 0. The van der Waals surface area contributed by atoms with Gasteiger partial charge in [-0.3, -0.25) is 10.1 Å². The maximum atomic E-state index is 12.5. The topological polar surface area (TPSA) is 80.6 Å². The van der Waals surface area contributed by atoms with Gasteiger partial charge in [0.1, 0.15) is 5.76 Å². The van der Waals surface area contributed by atoms with E-state index in [1.807, 2.05) is 39.0 Å². The third kappa shape index (κ3) is 5.79. The minimum Gasteiger partial charge on any atom is -0.462 e. The molecule has 1 aromatic heterocycles. The Balaban J connectivity index is 1.58. The fourth-order valence-corrected chi connectivity index (χ4v) is 3.02. The second-order valence-corrected chi connectivity index (χ2v) is 7.49. The molecule has 3 rings (SSSR count). The number of nitrogens with one attached hydrogen (secondary N) is 2. The molecule has 0 saturated carbocycles. The zero-order chi connectivity index (χ0) is 22.4. The number of benzene rings is 2. The van der Waals surface area contributed by atoms with E-state index >= 15 is 0 Å². The van der Waals surface area contributed by atoms with E-state index in [9.17, 15) is 9.59 Å². The van der Waals surface area contributed by atoms with Crippen molar-refractivity contribution in [2.24, 2.45) is 0 Å². The highest BCUT2D eigenvalue weighted by atomic mass is 32.1. The average molecular weight is 437 g/mol. The smallest absolute Gasteiger partial charge is 0.338 e. The van der Waals surface area contributed by atoms with Crippen molar-refractivity contribution >= 4 is 34.9 Å². The largest absolute Gasteiger partial charge is 0.462 e. The molecule has 3 aromatic rings. The summed E-state index contributed by atoms with van der Waals surface area (Å²) in [5.41, 5.74) is 4.32. The van der Waals surface area contributed by atoms with Crippen molar-refractivity contribution in [3.05, 3.63) is 77.0 Å². The molecule has 2 N–H and O–H groups in total. The van der Waals surface area contributed by atoms with Crippen LogP contribution in [0.1, 0.15) is 45.4 Å². The summed E-state index contributed by atoms with van der Waals surface area (Å²) in [5, 5.41) is 5.62. The van der Waals surface area contributed by atoms with Crippen LogP contribution in [0, 0.1) is 13.8 Å². The first-order valence-corrected chi connectivity index (χ1v) is 10.3. The van der Waals surface area contributed by atoms with Crippen LogP contribution < -0.4 is 10.6 Å². The molecule has 0 saturated heterocycles. The second-order valence-electron chi connectivity index (χ2n) is 7.08. The molecule has 0 unspecified atom stereocenters. The van der Waals surface area contributed by atoms with Gasteiger partial charge in [0.05, 0.1) is 12.2 Å². The molecule has 6 nitrogen and oxygen atoms in total. The third-order valence-electron chi connectivity index (χ3n) is 4.66. The van der Waals surface area contributed by atoms with Gasteiger partial charge in [-0.25, -0.2) is 4.79 Å². The number of thiocarbonyl (C=S) groups is 1. The standard InChI is InChI=1S/C24H24N2O4S/c1-4-13-29-23(28)17-7-9-19(10-8-17)25-24(31)26-22(27)21-12-11-20(30-21)18-6-5-15(2)16(3)14-18/h5-12,14H,4,13H2,1-3H3,(H2,25,26,27,31). The molecule has 0 radical (unpaired) electrons. The molecule has 0 bridgehead atoms. The van der Waals surface area contributed by atoms with Crippen molar-refractivity contribution in [2.45, 2.75) is 27.2 Å². The third-order valence-corrected chi connectivity index (χ3v) is 4.87. The Bertz CT molecular complexity index is 1100. The molecular formula is C24H24N2O4S. The van der Waals surface area contributed by atoms with E-state index in [2.05, 4.69) is 10.6 Å². The first kappa shape index (κ1) is 22.2. The Morgan fingerprint density at radius 3 is 2.42 bits per heavy atom. The molecule has 31 heavy (non-hydrogen) atoms. The molecule has 0 aliphatic heterocycles. The van der Waals surface area contributed by atoms with Crippen LogP contribution in [0.15, 0.2) is 59.0 Å². The van der Waals surface area contributed by atoms with E-state index in [1.165, 1.54) is 5.56 Å². The fraction of sp³-hybridized carbons (Fsp3) is 0.208. The normalized spacial score (nSPS) is 10.4. The predicted molar refractivity (Wildman–Crippen MR) is 124 cm³/mol. The molecular weight excluding hydrogens is 412 g/mol. The Hall–Kier alpha value is -3.45. The number of ether oxygens (including phenoxy) is 1. The molecule has 2 aromatic carbocycles. The number of aryl methyl sites for hydroxylation is 2. The molecule has 0 spiro atoms. The highest BCUT2D eigenvalue weighted by Gasteiger charge is 2.14. The quantitative estimate of drug-likeness (QED) is 0.405. The van der Waals surface area contributed by atoms with Crippen LogP contribution in [0.4, 0.5) is 5.69 Å². The minimum absolute atomic E-state index is 0.121. The van der Waals surface area contributed by atoms with Crippen molar-refractivity contribution in [3.63, 3.8) is 0 Å². The van der Waals surface area contributed by atoms with Crippen molar-refractivity contribution in [1.82, 2.24) is 5.32 Å². The lowest BCUT2D eigenvalue weighted by atomic mass is 10.1. The second kappa shape index (κ2) is 10.0. The highest BCUT2D eigenvalue weighted by molar-refractivity contribution is 7.80. The Kier molecular flexibility index (Phi) is 7.20. The van der Waals surface area contributed by atoms with Crippen LogP contribution in [-0.2, 0) is 4.74 Å². The van der Waals surface area contributed by atoms with E-state index in [1.54, 1.807) is 36.4 Å². The Labute approximate surface area is 186 Å². The van der Waals surface area contributed by atoms with Crippen LogP contribution in [-0.4, -0.2) is 23.6 Å². The van der Waals surface area contributed by atoms with Crippen LogP contribution in [0.25, 0.3) is 11.3 Å². The number of hydrogen-bond acceptors (Lipinski definition) is 5. The van der Waals surface area contributed by atoms with Crippen molar-refractivity contribution in [3.8, 4) is 11.3 Å². The lowest BCUT2D eigenvalue weighted by Gasteiger charge is -2.09. The van der Waals surface area contributed by atoms with E-state index in [0.29, 0.717) is 23.6 Å². The number of amides is 1. The van der Waals surface area contributed by atoms with E-state index in [0.717, 1.165) is 17.5 Å². The van der Waals surface area contributed by atoms with Crippen LogP contribution in [0.5, 0.6) is 0 Å². The summed E-state index contributed by atoms with van der Waals surface area (Å²) in [6, 6.07) is 16.0. The van der Waals surface area contributed by atoms with Gasteiger partial charge in [0.25, 0.3) is 5.91 Å². The van der Waals surface area contributed by atoms with Gasteiger partial charge in [-0.1, -0.05) is 19.1 Å². The van der Waals surface area contributed by atoms with E-state index in [4.69, 9.17) is 21.4 Å². The van der Waals surface area contributed by atoms with Gasteiger partial charge in [0, 0.05) is 11.3 Å². The number of carbonyl (C=O) groups excluding carboxylic acids is 2. The molecule has 1 amide bonds. The Morgan fingerprint density at radius 1 is 1.00 bits per heavy atom. The zero-order valence-corrected chi connectivity index (χ0v) is 18.5. The van der Waals surface area contributed by atoms with Gasteiger partial charge in [0.2, 0.25) is 0 Å². The fourth-order valence-electron chi connectivity index (χ4n) is 2.80. The summed E-state index contributed by atoms with van der Waals surface area (Å²) in [6.45, 7) is 6.38. The predicted octanol–water partition coefficient (Wildman–Crippen LogP) is 5.26. The van der Waals surface area contributed by atoms with E-state index < -0.39 is 5.91 Å². The van der Waals surface area contributed by atoms with Crippen molar-refractivity contribution < 1.29 is 18.7 Å². The average Bonchev–Trinajstić information content (AvgIpc) is 3.25. The van der Waals surface area contributed by atoms with E-state index in [-0.39, 0.29) is 16.8 Å². The summed E-state index contributed by atoms with van der Waals surface area (Å²) < 4.78 is 10.8. The monoisotopic (exact) mass is 436 g/mol. The summed E-state index contributed by atoms with van der Waals surface area (Å²) in [4.78, 5) is 24.3. The van der Waals surface area contributed by atoms with Gasteiger partial charge >= 0.3 is 5.97 Å². The molecule has 1 heterocycles. The lowest BCUT2D eigenvalue weighted by Crippen LogP contribution is -2.33. The molecule has 0 fully saturated rings. The Morgan fingerprint density at radius 2 is 1.74 bits per heavy atom. The zero-order valence-electron chi connectivity index (χ0n) is 17.7. The lowest BCUT2D eigenvalue weighted by molar-refractivity contribution is 0.0505. The number of furan rings is 1. The summed E-state index contributed by atoms with van der Waals surface area (Å²) in [5.74, 6) is -0.0573. The van der Waals surface area contributed by atoms with Gasteiger partial charge in [-0.15, -0.1) is 0 Å². The maximum Gasteiger partial charge on any atom is 0.338 e. The molecule has 0 atom stereocenters. The minimum atomic E-state index is -0.452. The number of anilines is 1. The maximum absolute atomic E-state index is 12.5. The van der Waals surface area contributed by atoms with Gasteiger partial charge in [-0.05, 0) is 86.1 Å². The highest BCUT2D eigenvalue weighted by Crippen LogP contribution is 2.24. The number of esters is 1. The molecule has 160 valence electrons. The molecule has 0 aliphatic carbocycles. The summed E-state index contributed by atoms with van der Waals surface area (Å²) >= 11 is 5.21. The van der Waals surface area contributed by atoms with Gasteiger partial charge in [-0.2, -0.15) is 0 Å². The summed E-state index contributed by atoms with van der Waals surface area (Å²) in [6.07, 6.45) is 0.765. The first-order valence-electron chi connectivity index (χ1n) is 9.94. The van der Waals surface area contributed by atoms with Gasteiger partial charge < -0.3 is 14.5 Å². The van der Waals surface area contributed by atoms with Crippen LogP contribution in [0.2, 0.25) is 0 Å². The SMILES string of the molecule is CCCOC(=O)c1ccc(NC(=S)NC(=O)c2ccc(-c3ccc(C)c(C)c3)o2)cc1. The number of hydrogen-bond donors (Lipinski definition) is 2. The molecule has 0 aliphatic rings. The van der Waals surface area contributed by atoms with Crippen molar-refractivity contribution in [1.29, 1.82) is 0 Å². The number of rotatable bonds is 6. The van der Waals surface area contributed by atoms with Crippen LogP contribution in [0.3, 0.4) is 0 Å². The first-order chi connectivity index (χ1) is 14.9. The van der Waals surface area contributed by atoms with Crippen molar-refractivity contribution in [2.75, 3.05) is 11.9 Å². The van der Waals surface area contributed by atoms with Gasteiger partial charge in [0.15, 0.2) is 10.9 Å².